The van der Waals surface area contributed by atoms with Crippen LogP contribution in [0.5, 0.6) is 5.75 Å². The van der Waals surface area contributed by atoms with Crippen molar-refractivity contribution >= 4 is 22.4 Å². The van der Waals surface area contributed by atoms with Crippen LogP contribution in [-0.2, 0) is 4.79 Å². The Bertz CT molecular complexity index is 729. The predicted octanol–water partition coefficient (Wildman–Crippen LogP) is 3.68. The van der Waals surface area contributed by atoms with Crippen LogP contribution in [0.25, 0.3) is 11.3 Å². The first-order chi connectivity index (χ1) is 12.2. The molecular formula is C18H22FN3O2S. The number of methoxy groups -OCH3 is 1. The van der Waals surface area contributed by atoms with Crippen molar-refractivity contribution in [3.05, 3.63) is 29.4 Å². The van der Waals surface area contributed by atoms with E-state index in [1.807, 2.05) is 0 Å². The normalized spacial score (nSPS) is 15.1. The van der Waals surface area contributed by atoms with Crippen LogP contribution in [0.15, 0.2) is 23.6 Å². The number of thiazole rings is 1. The number of nitrogens with one attached hydrogen (secondary N) is 2. The number of benzene rings is 1. The second kappa shape index (κ2) is 8.40. The van der Waals surface area contributed by atoms with E-state index in [9.17, 15) is 9.18 Å². The van der Waals surface area contributed by atoms with E-state index in [0.29, 0.717) is 34.5 Å². The van der Waals surface area contributed by atoms with E-state index in [1.165, 1.54) is 30.6 Å². The first-order valence-electron chi connectivity index (χ1n) is 8.45. The molecule has 1 aliphatic rings. The van der Waals surface area contributed by atoms with Crippen LogP contribution < -0.4 is 15.4 Å². The maximum Gasteiger partial charge on any atom is 0.226 e. The van der Waals surface area contributed by atoms with Crippen molar-refractivity contribution in [3.8, 4) is 17.0 Å². The molecule has 5 nitrogen and oxygen atoms in total. The summed E-state index contributed by atoms with van der Waals surface area (Å²) in [6, 6.07) is 4.30. The topological polar surface area (TPSA) is 63.2 Å². The van der Waals surface area contributed by atoms with Crippen LogP contribution in [0.1, 0.15) is 25.7 Å². The van der Waals surface area contributed by atoms with Crippen molar-refractivity contribution in [2.24, 2.45) is 5.92 Å². The molecule has 25 heavy (non-hydrogen) atoms. The third kappa shape index (κ3) is 4.76. The fourth-order valence-electron chi connectivity index (χ4n) is 3.02. The Morgan fingerprint density at radius 1 is 1.44 bits per heavy atom. The van der Waals surface area contributed by atoms with E-state index < -0.39 is 0 Å². The van der Waals surface area contributed by atoms with Gasteiger partial charge in [0.1, 0.15) is 11.6 Å². The molecule has 7 heteroatoms. The van der Waals surface area contributed by atoms with Gasteiger partial charge < -0.3 is 15.4 Å². The number of carbonyl (C=O) groups excluding carboxylic acids is 1. The van der Waals surface area contributed by atoms with Crippen LogP contribution in [0.2, 0.25) is 0 Å². The Hall–Kier alpha value is -1.99. The summed E-state index contributed by atoms with van der Waals surface area (Å²) in [4.78, 5) is 16.5. The second-order valence-electron chi connectivity index (χ2n) is 6.16. The van der Waals surface area contributed by atoms with Gasteiger partial charge in [-0.1, -0.05) is 0 Å². The summed E-state index contributed by atoms with van der Waals surface area (Å²) < 4.78 is 18.8. The van der Waals surface area contributed by atoms with Gasteiger partial charge in [-0.3, -0.25) is 4.79 Å². The summed E-state index contributed by atoms with van der Waals surface area (Å²) in [6.07, 6.45) is 3.68. The van der Waals surface area contributed by atoms with Crippen molar-refractivity contribution in [2.45, 2.75) is 25.7 Å². The molecule has 1 saturated heterocycles. The number of hydrogen-bond acceptors (Lipinski definition) is 5. The number of ether oxygens (including phenoxy) is 1. The van der Waals surface area contributed by atoms with Gasteiger partial charge in [0.25, 0.3) is 0 Å². The Labute approximate surface area is 150 Å². The molecule has 2 N–H and O–H groups in total. The number of rotatable bonds is 6. The van der Waals surface area contributed by atoms with E-state index in [0.717, 1.165) is 32.4 Å². The largest absolute Gasteiger partial charge is 0.496 e. The molecule has 1 aromatic heterocycles. The van der Waals surface area contributed by atoms with E-state index in [2.05, 4.69) is 15.6 Å². The first-order valence-corrected chi connectivity index (χ1v) is 9.33. The molecular weight excluding hydrogens is 341 g/mol. The number of piperidine rings is 1. The fraction of sp³-hybridized carbons (Fsp3) is 0.444. The predicted molar refractivity (Wildman–Crippen MR) is 97.5 cm³/mol. The molecule has 1 aromatic carbocycles. The Morgan fingerprint density at radius 2 is 2.24 bits per heavy atom. The van der Waals surface area contributed by atoms with E-state index >= 15 is 0 Å². The van der Waals surface area contributed by atoms with E-state index in [1.54, 1.807) is 11.4 Å². The maximum atomic E-state index is 13.5. The lowest BCUT2D eigenvalue weighted by Gasteiger charge is -2.21. The number of halogens is 1. The number of anilines is 1. The van der Waals surface area contributed by atoms with Gasteiger partial charge in [0.15, 0.2) is 5.13 Å². The lowest BCUT2D eigenvalue weighted by molar-refractivity contribution is -0.116. The van der Waals surface area contributed by atoms with Gasteiger partial charge >= 0.3 is 0 Å². The molecule has 1 fully saturated rings. The van der Waals surface area contributed by atoms with Gasteiger partial charge in [0.05, 0.1) is 12.8 Å². The SMILES string of the molecule is COc1ccc(F)cc1-c1csc(NC(=O)CCC2CCNCC2)n1. The van der Waals surface area contributed by atoms with Gasteiger partial charge in [-0.2, -0.15) is 0 Å². The molecule has 0 bridgehead atoms. The highest BCUT2D eigenvalue weighted by Gasteiger charge is 2.16. The second-order valence-corrected chi connectivity index (χ2v) is 7.02. The molecule has 2 heterocycles. The summed E-state index contributed by atoms with van der Waals surface area (Å²) in [6.45, 7) is 2.08. The van der Waals surface area contributed by atoms with Crippen LogP contribution in [0.4, 0.5) is 9.52 Å². The number of amides is 1. The summed E-state index contributed by atoms with van der Waals surface area (Å²) in [5.74, 6) is 0.799. The van der Waals surface area contributed by atoms with Crippen molar-refractivity contribution in [1.29, 1.82) is 0 Å². The van der Waals surface area contributed by atoms with Gasteiger partial charge in [0, 0.05) is 17.4 Å². The minimum absolute atomic E-state index is 0.0226. The molecule has 0 unspecified atom stereocenters. The maximum absolute atomic E-state index is 13.5. The standard InChI is InChI=1S/C18H22FN3O2S/c1-24-16-4-3-13(19)10-14(16)15-11-25-18(21-15)22-17(23)5-2-12-6-8-20-9-7-12/h3-4,10-12,20H,2,5-9H2,1H3,(H,21,22,23). The van der Waals surface area contributed by atoms with Crippen LogP contribution in [0.3, 0.4) is 0 Å². The Kier molecular flexibility index (Phi) is 5.99. The molecule has 3 rings (SSSR count). The molecule has 2 aromatic rings. The Morgan fingerprint density at radius 3 is 3.00 bits per heavy atom. The van der Waals surface area contributed by atoms with Gasteiger partial charge in [-0.05, 0) is 56.5 Å². The minimum atomic E-state index is -0.351. The van der Waals surface area contributed by atoms with Crippen LogP contribution in [0, 0.1) is 11.7 Å². The molecule has 0 aliphatic carbocycles. The number of nitrogens with zero attached hydrogens (tertiary/aromatic N) is 1. The number of aromatic nitrogens is 1. The molecule has 134 valence electrons. The average molecular weight is 363 g/mol. The fourth-order valence-corrected chi connectivity index (χ4v) is 3.75. The van der Waals surface area contributed by atoms with Crippen molar-refractivity contribution in [2.75, 3.05) is 25.5 Å². The zero-order valence-electron chi connectivity index (χ0n) is 14.2. The smallest absolute Gasteiger partial charge is 0.226 e. The zero-order chi connectivity index (χ0) is 17.6. The van der Waals surface area contributed by atoms with E-state index in [-0.39, 0.29) is 11.7 Å². The summed E-state index contributed by atoms with van der Waals surface area (Å²) >= 11 is 1.33. The zero-order valence-corrected chi connectivity index (χ0v) is 15.0. The van der Waals surface area contributed by atoms with Gasteiger partial charge in [-0.15, -0.1) is 11.3 Å². The number of hydrogen-bond donors (Lipinski definition) is 2. The summed E-state index contributed by atoms with van der Waals surface area (Å²) in [7, 11) is 1.53. The van der Waals surface area contributed by atoms with Crippen LogP contribution in [-0.4, -0.2) is 31.1 Å². The van der Waals surface area contributed by atoms with Gasteiger partial charge in [-0.25, -0.2) is 9.37 Å². The van der Waals surface area contributed by atoms with Crippen molar-refractivity contribution in [1.82, 2.24) is 10.3 Å². The average Bonchev–Trinajstić information content (AvgIpc) is 3.09. The van der Waals surface area contributed by atoms with Crippen LogP contribution >= 0.6 is 11.3 Å². The highest BCUT2D eigenvalue weighted by molar-refractivity contribution is 7.14. The summed E-state index contributed by atoms with van der Waals surface area (Å²) in [5.41, 5.74) is 1.17. The molecule has 0 spiro atoms. The number of carbonyl (C=O) groups is 1. The van der Waals surface area contributed by atoms with E-state index in [4.69, 9.17) is 4.74 Å². The first kappa shape index (κ1) is 17.8. The van der Waals surface area contributed by atoms with Crippen molar-refractivity contribution in [3.63, 3.8) is 0 Å². The molecule has 1 aliphatic heterocycles. The molecule has 0 atom stereocenters. The lowest BCUT2D eigenvalue weighted by atomic mass is 9.93. The molecule has 0 radical (unpaired) electrons. The van der Waals surface area contributed by atoms with Crippen molar-refractivity contribution < 1.29 is 13.9 Å². The summed E-state index contributed by atoms with van der Waals surface area (Å²) in [5, 5.41) is 8.49. The minimum Gasteiger partial charge on any atom is -0.496 e. The quantitative estimate of drug-likeness (QED) is 0.822. The highest BCUT2D eigenvalue weighted by atomic mass is 32.1. The third-order valence-corrected chi connectivity index (χ3v) is 5.18. The monoisotopic (exact) mass is 363 g/mol. The highest BCUT2D eigenvalue weighted by Crippen LogP contribution is 2.32. The third-order valence-electron chi connectivity index (χ3n) is 4.43. The van der Waals surface area contributed by atoms with Gasteiger partial charge in [0.2, 0.25) is 5.91 Å². The molecule has 1 amide bonds. The Balaban J connectivity index is 1.59. The lowest BCUT2D eigenvalue weighted by Crippen LogP contribution is -2.28. The molecule has 0 saturated carbocycles.